The molecule has 6 heteroatoms. The molecule has 2 heterocycles. The molecule has 1 unspecified atom stereocenters. The van der Waals surface area contributed by atoms with Gasteiger partial charge in [0, 0.05) is 18.0 Å². The van der Waals surface area contributed by atoms with Gasteiger partial charge in [-0.05, 0) is 17.7 Å². The largest absolute Gasteiger partial charge is 0.460 e. The summed E-state index contributed by atoms with van der Waals surface area (Å²) in [4.78, 5) is 19.3. The summed E-state index contributed by atoms with van der Waals surface area (Å²) in [5.74, 6) is -0.256. The maximum absolute atomic E-state index is 12.0. The van der Waals surface area contributed by atoms with E-state index in [1.165, 1.54) is 0 Å². The van der Waals surface area contributed by atoms with Crippen molar-refractivity contribution >= 4 is 17.6 Å². The summed E-state index contributed by atoms with van der Waals surface area (Å²) in [7, 11) is 0. The van der Waals surface area contributed by atoms with Crippen LogP contribution in [0.4, 0.5) is 0 Å². The van der Waals surface area contributed by atoms with Gasteiger partial charge in [0.15, 0.2) is 0 Å². The quantitative estimate of drug-likeness (QED) is 0.847. The zero-order valence-corrected chi connectivity index (χ0v) is 11.5. The van der Waals surface area contributed by atoms with Crippen LogP contribution < -0.4 is 5.32 Å². The van der Waals surface area contributed by atoms with E-state index in [2.05, 4.69) is 15.3 Å². The topological polar surface area (TPSA) is 67.0 Å². The van der Waals surface area contributed by atoms with Gasteiger partial charge in [-0.1, -0.05) is 23.7 Å². The summed E-state index contributed by atoms with van der Waals surface area (Å²) in [5.41, 5.74) is 2.88. The Bertz CT molecular complexity index is 609. The number of halogens is 1. The Kier molecular flexibility index (Phi) is 3.71. The van der Waals surface area contributed by atoms with E-state index in [9.17, 15) is 4.79 Å². The average Bonchev–Trinajstić information content (AvgIpc) is 2.93. The number of H-pyrrole nitrogens is 1. The third-order valence-electron chi connectivity index (χ3n) is 3.31. The Labute approximate surface area is 121 Å². The van der Waals surface area contributed by atoms with Gasteiger partial charge < -0.3 is 9.72 Å². The van der Waals surface area contributed by atoms with Crippen molar-refractivity contribution in [3.05, 3.63) is 52.6 Å². The van der Waals surface area contributed by atoms with Crippen molar-refractivity contribution < 1.29 is 9.53 Å². The van der Waals surface area contributed by atoms with E-state index >= 15 is 0 Å². The zero-order chi connectivity index (χ0) is 13.9. The molecule has 1 aromatic carbocycles. The van der Waals surface area contributed by atoms with Gasteiger partial charge in [-0.15, -0.1) is 0 Å². The van der Waals surface area contributed by atoms with Crippen molar-refractivity contribution in [2.45, 2.75) is 25.6 Å². The Morgan fingerprint density at radius 1 is 1.40 bits per heavy atom. The Hall–Kier alpha value is -1.85. The summed E-state index contributed by atoms with van der Waals surface area (Å²) in [6.07, 6.45) is 2.20. The second-order valence-corrected chi connectivity index (χ2v) is 5.14. The van der Waals surface area contributed by atoms with Gasteiger partial charge in [0.25, 0.3) is 0 Å². The molecule has 0 saturated heterocycles. The predicted molar refractivity (Wildman–Crippen MR) is 74.2 cm³/mol. The molecule has 3 rings (SSSR count). The van der Waals surface area contributed by atoms with Gasteiger partial charge in [-0.2, -0.15) is 0 Å². The molecular formula is C14H14ClN3O2. The van der Waals surface area contributed by atoms with Crippen LogP contribution in [0.5, 0.6) is 0 Å². The Morgan fingerprint density at radius 2 is 2.20 bits per heavy atom. The minimum atomic E-state index is -0.335. The number of aromatic nitrogens is 2. The number of esters is 1. The smallest absolute Gasteiger partial charge is 0.323 e. The van der Waals surface area contributed by atoms with E-state index in [0.717, 1.165) is 17.0 Å². The minimum Gasteiger partial charge on any atom is -0.460 e. The molecule has 1 atom stereocenters. The first-order valence-corrected chi connectivity index (χ1v) is 6.76. The van der Waals surface area contributed by atoms with E-state index in [0.29, 0.717) is 18.0 Å². The Balaban J connectivity index is 1.56. The van der Waals surface area contributed by atoms with Crippen LogP contribution in [-0.4, -0.2) is 22.0 Å². The van der Waals surface area contributed by atoms with Crippen molar-refractivity contribution in [3.8, 4) is 0 Å². The highest BCUT2D eigenvalue weighted by Gasteiger charge is 2.26. The monoisotopic (exact) mass is 291 g/mol. The zero-order valence-electron chi connectivity index (χ0n) is 10.7. The molecule has 0 saturated carbocycles. The number of benzene rings is 1. The number of nitrogens with zero attached hydrogens (tertiary/aromatic N) is 1. The lowest BCUT2D eigenvalue weighted by atomic mass is 10.1. The summed E-state index contributed by atoms with van der Waals surface area (Å²) < 4.78 is 5.32. The van der Waals surface area contributed by atoms with E-state index in [1.807, 2.05) is 12.1 Å². The lowest BCUT2D eigenvalue weighted by Gasteiger charge is -2.21. The number of hydrogen-bond acceptors (Lipinski definition) is 4. The van der Waals surface area contributed by atoms with E-state index < -0.39 is 0 Å². The molecule has 20 heavy (non-hydrogen) atoms. The number of ether oxygens (including phenoxy) is 1. The van der Waals surface area contributed by atoms with Crippen LogP contribution in [0.3, 0.4) is 0 Å². The predicted octanol–water partition coefficient (Wildman–Crippen LogP) is 1.82. The lowest BCUT2D eigenvalue weighted by Crippen LogP contribution is -2.42. The number of hydrogen-bond donors (Lipinski definition) is 2. The molecule has 2 aromatic rings. The first-order valence-electron chi connectivity index (χ1n) is 6.38. The van der Waals surface area contributed by atoms with Gasteiger partial charge in [0.05, 0.1) is 17.7 Å². The fourth-order valence-electron chi connectivity index (χ4n) is 2.17. The number of rotatable bonds is 3. The van der Waals surface area contributed by atoms with Crippen LogP contribution >= 0.6 is 11.6 Å². The fraction of sp³-hybridized carbons (Fsp3) is 0.286. The first-order chi connectivity index (χ1) is 9.72. The molecule has 1 aliphatic rings. The van der Waals surface area contributed by atoms with E-state index in [4.69, 9.17) is 16.3 Å². The van der Waals surface area contributed by atoms with E-state index in [1.54, 1.807) is 18.5 Å². The molecule has 0 radical (unpaired) electrons. The second-order valence-electron chi connectivity index (χ2n) is 4.70. The number of nitrogens with one attached hydrogen (secondary N) is 2. The van der Waals surface area contributed by atoms with Crippen LogP contribution in [0, 0.1) is 0 Å². The normalized spacial score (nSPS) is 17.6. The highest BCUT2D eigenvalue weighted by molar-refractivity contribution is 6.30. The SMILES string of the molecule is O=C(OCc1ccc(Cl)cc1)C1Cc2nc[nH]c2CN1. The summed E-state index contributed by atoms with van der Waals surface area (Å²) in [5, 5.41) is 3.81. The summed E-state index contributed by atoms with van der Waals surface area (Å²) in [6, 6.07) is 6.91. The molecular weight excluding hydrogens is 278 g/mol. The number of aromatic amines is 1. The minimum absolute atomic E-state index is 0.252. The van der Waals surface area contributed by atoms with Crippen molar-refractivity contribution in [3.63, 3.8) is 0 Å². The summed E-state index contributed by atoms with van der Waals surface area (Å²) >= 11 is 5.81. The van der Waals surface area contributed by atoms with Gasteiger partial charge in [0.1, 0.15) is 12.6 Å². The molecule has 0 fully saturated rings. The second kappa shape index (κ2) is 5.64. The van der Waals surface area contributed by atoms with Gasteiger partial charge in [-0.25, -0.2) is 4.98 Å². The van der Waals surface area contributed by atoms with Crippen LogP contribution in [0.15, 0.2) is 30.6 Å². The third kappa shape index (κ3) is 2.84. The third-order valence-corrected chi connectivity index (χ3v) is 3.56. The van der Waals surface area contributed by atoms with Crippen molar-refractivity contribution in [1.29, 1.82) is 0 Å². The molecule has 0 amide bonds. The number of fused-ring (bicyclic) bond motifs is 1. The maximum Gasteiger partial charge on any atom is 0.323 e. The highest BCUT2D eigenvalue weighted by atomic mass is 35.5. The molecule has 0 bridgehead atoms. The lowest BCUT2D eigenvalue weighted by molar-refractivity contribution is -0.147. The van der Waals surface area contributed by atoms with Crippen LogP contribution in [0.1, 0.15) is 17.0 Å². The molecule has 1 aliphatic heterocycles. The van der Waals surface area contributed by atoms with Crippen molar-refractivity contribution in [2.24, 2.45) is 0 Å². The van der Waals surface area contributed by atoms with E-state index in [-0.39, 0.29) is 18.6 Å². The number of carbonyl (C=O) groups excluding carboxylic acids is 1. The molecule has 0 aliphatic carbocycles. The molecule has 104 valence electrons. The average molecular weight is 292 g/mol. The van der Waals surface area contributed by atoms with Crippen LogP contribution in [0.2, 0.25) is 5.02 Å². The molecule has 2 N–H and O–H groups in total. The summed E-state index contributed by atoms with van der Waals surface area (Å²) in [6.45, 7) is 0.859. The fourth-order valence-corrected chi connectivity index (χ4v) is 2.30. The van der Waals surface area contributed by atoms with Gasteiger partial charge >= 0.3 is 5.97 Å². The highest BCUT2D eigenvalue weighted by Crippen LogP contribution is 2.14. The molecule has 5 nitrogen and oxygen atoms in total. The van der Waals surface area contributed by atoms with Crippen molar-refractivity contribution in [2.75, 3.05) is 0 Å². The van der Waals surface area contributed by atoms with Gasteiger partial charge in [0.2, 0.25) is 0 Å². The molecule has 0 spiro atoms. The number of carbonyl (C=O) groups is 1. The van der Waals surface area contributed by atoms with Crippen LogP contribution in [0.25, 0.3) is 0 Å². The van der Waals surface area contributed by atoms with Gasteiger partial charge in [-0.3, -0.25) is 10.1 Å². The van der Waals surface area contributed by atoms with Crippen LogP contribution in [-0.2, 0) is 29.1 Å². The number of imidazole rings is 1. The first kappa shape index (κ1) is 13.1. The van der Waals surface area contributed by atoms with Crippen molar-refractivity contribution in [1.82, 2.24) is 15.3 Å². The molecule has 1 aromatic heterocycles. The standard InChI is InChI=1S/C14H14ClN3O2/c15-10-3-1-9(2-4-10)7-20-14(19)12-5-11-13(6-16-12)18-8-17-11/h1-4,8,12,16H,5-7H2,(H,17,18). The maximum atomic E-state index is 12.0. The Morgan fingerprint density at radius 3 is 3.00 bits per heavy atom.